The van der Waals surface area contributed by atoms with E-state index in [4.69, 9.17) is 4.74 Å². The maximum Gasteiger partial charge on any atom is 0.257 e. The van der Waals surface area contributed by atoms with E-state index in [2.05, 4.69) is 59.7 Å². The molecular formula is C28H22N2O2S. The molecule has 0 fully saturated rings. The molecule has 0 unspecified atom stereocenters. The van der Waals surface area contributed by atoms with Crippen LogP contribution in [0, 0.1) is 6.92 Å². The van der Waals surface area contributed by atoms with Gasteiger partial charge in [0.2, 0.25) is 0 Å². The molecule has 3 aromatic carbocycles. The summed E-state index contributed by atoms with van der Waals surface area (Å²) in [6.45, 7) is 2.08. The van der Waals surface area contributed by atoms with Crippen molar-refractivity contribution in [2.75, 3.05) is 12.4 Å². The van der Waals surface area contributed by atoms with Gasteiger partial charge in [-0.05, 0) is 66.1 Å². The number of pyridine rings is 1. The zero-order valence-corrected chi connectivity index (χ0v) is 19.1. The number of amides is 1. The summed E-state index contributed by atoms with van der Waals surface area (Å²) in [4.78, 5) is 18.4. The Hall–Kier alpha value is -3.96. The molecule has 0 saturated carbocycles. The van der Waals surface area contributed by atoms with Crippen LogP contribution in [0.5, 0.6) is 5.75 Å². The number of ether oxygens (including phenoxy) is 1. The number of anilines is 1. The molecule has 1 amide bonds. The van der Waals surface area contributed by atoms with Gasteiger partial charge in [0.1, 0.15) is 5.75 Å². The molecule has 2 aromatic heterocycles. The molecule has 0 saturated heterocycles. The summed E-state index contributed by atoms with van der Waals surface area (Å²) in [5.74, 6) is 0.644. The van der Waals surface area contributed by atoms with Gasteiger partial charge in [-0.3, -0.25) is 9.78 Å². The van der Waals surface area contributed by atoms with E-state index in [0.29, 0.717) is 11.3 Å². The number of hydrogen-bond donors (Lipinski definition) is 1. The van der Waals surface area contributed by atoms with Crippen molar-refractivity contribution in [1.29, 1.82) is 0 Å². The standard InChI is InChI=1S/C28H22N2O2S/c1-18-3-5-19(6-4-18)21-9-12-24-25(17-21)33-27(20-7-10-23(32-2)11-8-20)26(24)28(31)30-22-13-15-29-16-14-22/h3-17H,1-2H3,(H,29,30,31). The number of nitrogens with zero attached hydrogens (tertiary/aromatic N) is 1. The summed E-state index contributed by atoms with van der Waals surface area (Å²) in [5.41, 5.74) is 5.89. The lowest BCUT2D eigenvalue weighted by molar-refractivity contribution is 0.102. The summed E-state index contributed by atoms with van der Waals surface area (Å²) in [5, 5.41) is 3.96. The van der Waals surface area contributed by atoms with Gasteiger partial charge < -0.3 is 10.1 Å². The number of hydrogen-bond acceptors (Lipinski definition) is 4. The molecule has 162 valence electrons. The number of aryl methyl sites for hydroxylation is 1. The Morgan fingerprint density at radius 1 is 0.848 bits per heavy atom. The molecule has 4 nitrogen and oxygen atoms in total. The van der Waals surface area contributed by atoms with Gasteiger partial charge in [-0.1, -0.05) is 42.0 Å². The van der Waals surface area contributed by atoms with Crippen LogP contribution in [0.15, 0.2) is 91.3 Å². The average Bonchev–Trinajstić information content (AvgIpc) is 3.24. The predicted molar refractivity (Wildman–Crippen MR) is 136 cm³/mol. The van der Waals surface area contributed by atoms with Crippen LogP contribution >= 0.6 is 11.3 Å². The number of thiophene rings is 1. The minimum atomic E-state index is -0.138. The van der Waals surface area contributed by atoms with Crippen molar-refractivity contribution in [3.63, 3.8) is 0 Å². The van der Waals surface area contributed by atoms with Gasteiger partial charge >= 0.3 is 0 Å². The predicted octanol–water partition coefficient (Wildman–Crippen LogP) is 7.20. The molecule has 0 spiro atoms. The lowest BCUT2D eigenvalue weighted by Gasteiger charge is -2.08. The van der Waals surface area contributed by atoms with Gasteiger partial charge in [-0.25, -0.2) is 0 Å². The molecule has 0 atom stereocenters. The highest BCUT2D eigenvalue weighted by Crippen LogP contribution is 2.41. The monoisotopic (exact) mass is 450 g/mol. The lowest BCUT2D eigenvalue weighted by atomic mass is 10.0. The summed E-state index contributed by atoms with van der Waals surface area (Å²) < 4.78 is 6.38. The number of benzene rings is 3. The van der Waals surface area contributed by atoms with Crippen LogP contribution in [0.1, 0.15) is 15.9 Å². The van der Waals surface area contributed by atoms with E-state index in [-0.39, 0.29) is 5.91 Å². The molecule has 1 N–H and O–H groups in total. The Balaban J connectivity index is 1.64. The zero-order valence-electron chi connectivity index (χ0n) is 18.3. The second-order valence-corrected chi connectivity index (χ2v) is 8.85. The third kappa shape index (κ3) is 4.23. The summed E-state index contributed by atoms with van der Waals surface area (Å²) in [7, 11) is 1.65. The Kier molecular flexibility index (Phi) is 5.63. The van der Waals surface area contributed by atoms with Gasteiger partial charge in [0, 0.05) is 33.0 Å². The maximum absolute atomic E-state index is 13.4. The SMILES string of the molecule is COc1ccc(-c2sc3cc(-c4ccc(C)cc4)ccc3c2C(=O)Nc2ccncc2)cc1. The van der Waals surface area contributed by atoms with Gasteiger partial charge in [0.25, 0.3) is 5.91 Å². The first-order chi connectivity index (χ1) is 16.1. The highest BCUT2D eigenvalue weighted by Gasteiger charge is 2.21. The quantitative estimate of drug-likeness (QED) is 0.308. The first-order valence-corrected chi connectivity index (χ1v) is 11.4. The van der Waals surface area contributed by atoms with Crippen molar-refractivity contribution >= 4 is 33.0 Å². The topological polar surface area (TPSA) is 51.2 Å². The first-order valence-electron chi connectivity index (χ1n) is 10.6. The molecule has 0 radical (unpaired) electrons. The first kappa shape index (κ1) is 20.9. The second kappa shape index (κ2) is 8.88. The van der Waals surface area contributed by atoms with Gasteiger partial charge in [-0.15, -0.1) is 11.3 Å². The molecule has 5 heteroatoms. The van der Waals surface area contributed by atoms with Crippen molar-refractivity contribution in [2.45, 2.75) is 6.92 Å². The van der Waals surface area contributed by atoms with E-state index >= 15 is 0 Å². The molecule has 2 heterocycles. The third-order valence-electron chi connectivity index (χ3n) is 5.59. The fraction of sp³-hybridized carbons (Fsp3) is 0.0714. The van der Waals surface area contributed by atoms with E-state index in [1.165, 1.54) is 5.56 Å². The van der Waals surface area contributed by atoms with Gasteiger partial charge in [0.15, 0.2) is 0 Å². The Labute approximate surface area is 196 Å². The van der Waals surface area contributed by atoms with Crippen LogP contribution in [0.2, 0.25) is 0 Å². The van der Waals surface area contributed by atoms with E-state index in [1.54, 1.807) is 43.0 Å². The Morgan fingerprint density at radius 3 is 2.21 bits per heavy atom. The zero-order chi connectivity index (χ0) is 22.8. The number of rotatable bonds is 5. The molecule has 0 bridgehead atoms. The normalized spacial score (nSPS) is 10.8. The van der Waals surface area contributed by atoms with Crippen LogP contribution in [0.3, 0.4) is 0 Å². The van der Waals surface area contributed by atoms with Gasteiger partial charge in [-0.2, -0.15) is 0 Å². The molecule has 33 heavy (non-hydrogen) atoms. The average molecular weight is 451 g/mol. The van der Waals surface area contributed by atoms with Crippen molar-refractivity contribution < 1.29 is 9.53 Å². The number of methoxy groups -OCH3 is 1. The molecule has 0 aliphatic rings. The smallest absolute Gasteiger partial charge is 0.257 e. The van der Waals surface area contributed by atoms with Crippen LogP contribution in [0.25, 0.3) is 31.7 Å². The fourth-order valence-electron chi connectivity index (χ4n) is 3.82. The maximum atomic E-state index is 13.4. The largest absolute Gasteiger partial charge is 0.497 e. The second-order valence-electron chi connectivity index (χ2n) is 7.80. The Morgan fingerprint density at radius 2 is 1.52 bits per heavy atom. The van der Waals surface area contributed by atoms with Crippen LogP contribution in [-0.2, 0) is 0 Å². The highest BCUT2D eigenvalue weighted by molar-refractivity contribution is 7.22. The van der Waals surface area contributed by atoms with Crippen molar-refractivity contribution in [1.82, 2.24) is 4.98 Å². The number of carbonyl (C=O) groups is 1. The van der Waals surface area contributed by atoms with Crippen molar-refractivity contribution in [3.8, 4) is 27.3 Å². The van der Waals surface area contributed by atoms with Crippen molar-refractivity contribution in [3.05, 3.63) is 102 Å². The minimum Gasteiger partial charge on any atom is -0.497 e. The van der Waals surface area contributed by atoms with Crippen molar-refractivity contribution in [2.24, 2.45) is 0 Å². The van der Waals surface area contributed by atoms with Crippen LogP contribution < -0.4 is 10.1 Å². The van der Waals surface area contributed by atoms with E-state index in [0.717, 1.165) is 37.4 Å². The number of aromatic nitrogens is 1. The minimum absolute atomic E-state index is 0.138. The number of carbonyl (C=O) groups excluding carboxylic acids is 1. The summed E-state index contributed by atoms with van der Waals surface area (Å²) in [6.07, 6.45) is 3.33. The van der Waals surface area contributed by atoms with E-state index in [1.807, 2.05) is 24.3 Å². The van der Waals surface area contributed by atoms with E-state index < -0.39 is 0 Å². The Bertz CT molecular complexity index is 1420. The van der Waals surface area contributed by atoms with Crippen LogP contribution in [0.4, 0.5) is 5.69 Å². The number of fused-ring (bicyclic) bond motifs is 1. The lowest BCUT2D eigenvalue weighted by Crippen LogP contribution is -2.12. The molecule has 5 rings (SSSR count). The molecule has 0 aliphatic carbocycles. The highest BCUT2D eigenvalue weighted by atomic mass is 32.1. The van der Waals surface area contributed by atoms with E-state index in [9.17, 15) is 4.79 Å². The van der Waals surface area contributed by atoms with Gasteiger partial charge in [0.05, 0.1) is 12.7 Å². The molecular weight excluding hydrogens is 428 g/mol. The molecule has 5 aromatic rings. The fourth-order valence-corrected chi connectivity index (χ4v) is 5.07. The van der Waals surface area contributed by atoms with Crippen LogP contribution in [-0.4, -0.2) is 18.0 Å². The number of nitrogens with one attached hydrogen (secondary N) is 1. The molecule has 0 aliphatic heterocycles. The summed E-state index contributed by atoms with van der Waals surface area (Å²) >= 11 is 1.63. The third-order valence-corrected chi connectivity index (χ3v) is 6.79. The summed E-state index contributed by atoms with van der Waals surface area (Å²) in [6, 6.07) is 26.2.